The number of hydrogen-bond acceptors (Lipinski definition) is 2. The van der Waals surface area contributed by atoms with E-state index in [0.29, 0.717) is 22.6 Å². The summed E-state index contributed by atoms with van der Waals surface area (Å²) in [6, 6.07) is 7.09. The Bertz CT molecular complexity index is 474. The third-order valence-corrected chi connectivity index (χ3v) is 4.37. The van der Waals surface area contributed by atoms with Gasteiger partial charge in [-0.2, -0.15) is 0 Å². The molecule has 2 heterocycles. The fourth-order valence-electron chi connectivity index (χ4n) is 3.13. The number of likely N-dealkylation sites (tertiary alicyclic amines) is 1. The van der Waals surface area contributed by atoms with E-state index in [1.807, 2.05) is 4.90 Å². The van der Waals surface area contributed by atoms with E-state index in [4.69, 9.17) is 16.3 Å². The summed E-state index contributed by atoms with van der Waals surface area (Å²) in [6.07, 6.45) is 2.74. The van der Waals surface area contributed by atoms with Crippen LogP contribution < -0.4 is 0 Å². The lowest BCUT2D eigenvalue weighted by molar-refractivity contribution is 0.00157. The van der Waals surface area contributed by atoms with Crippen LogP contribution >= 0.6 is 11.6 Å². The van der Waals surface area contributed by atoms with Crippen molar-refractivity contribution in [2.24, 2.45) is 5.92 Å². The Morgan fingerprint density at radius 1 is 1.37 bits per heavy atom. The van der Waals surface area contributed by atoms with Gasteiger partial charge in [0.05, 0.1) is 12.2 Å². The lowest BCUT2D eigenvalue weighted by Gasteiger charge is -2.34. The lowest BCUT2D eigenvalue weighted by Crippen LogP contribution is -2.45. The van der Waals surface area contributed by atoms with E-state index in [-0.39, 0.29) is 12.0 Å². The molecule has 1 aromatic carbocycles. The van der Waals surface area contributed by atoms with E-state index < -0.39 is 0 Å². The highest BCUT2D eigenvalue weighted by Gasteiger charge is 2.38. The molecule has 2 saturated heterocycles. The van der Waals surface area contributed by atoms with E-state index in [1.54, 1.807) is 24.3 Å². The molecule has 0 bridgehead atoms. The minimum absolute atomic E-state index is 0.0817. The summed E-state index contributed by atoms with van der Waals surface area (Å²) < 4.78 is 5.89. The first-order valence-corrected chi connectivity index (χ1v) is 7.21. The van der Waals surface area contributed by atoms with Crippen LogP contribution in [0.25, 0.3) is 0 Å². The zero-order valence-corrected chi connectivity index (χ0v) is 11.8. The highest BCUT2D eigenvalue weighted by atomic mass is 35.5. The number of ether oxygens (including phenoxy) is 1. The third-order valence-electron chi connectivity index (χ3n) is 4.12. The summed E-state index contributed by atoms with van der Waals surface area (Å²) in [4.78, 5) is 14.3. The van der Waals surface area contributed by atoms with Crippen molar-refractivity contribution in [3.8, 4) is 0 Å². The monoisotopic (exact) mass is 279 g/mol. The molecule has 0 unspecified atom stereocenters. The van der Waals surface area contributed by atoms with Gasteiger partial charge >= 0.3 is 0 Å². The maximum absolute atomic E-state index is 12.4. The van der Waals surface area contributed by atoms with Crippen LogP contribution in [-0.2, 0) is 4.74 Å². The molecule has 1 aromatic rings. The first-order valence-electron chi connectivity index (χ1n) is 6.84. The Labute approximate surface area is 118 Å². The number of fused-ring (bicyclic) bond motifs is 1. The lowest BCUT2D eigenvalue weighted by atomic mass is 9.92. The number of benzene rings is 1. The number of carbonyl (C=O) groups excluding carboxylic acids is 1. The van der Waals surface area contributed by atoms with Gasteiger partial charge in [0, 0.05) is 23.7 Å². The maximum Gasteiger partial charge on any atom is 0.253 e. The minimum Gasteiger partial charge on any atom is -0.373 e. The Balaban J connectivity index is 1.70. The highest BCUT2D eigenvalue weighted by Crippen LogP contribution is 2.33. The second-order valence-electron chi connectivity index (χ2n) is 5.53. The molecule has 0 aromatic heterocycles. The maximum atomic E-state index is 12.4. The summed E-state index contributed by atoms with van der Waals surface area (Å²) in [5.74, 6) is 0.711. The summed E-state index contributed by atoms with van der Waals surface area (Å²) in [5.41, 5.74) is 0.703. The Kier molecular flexibility index (Phi) is 3.50. The number of amides is 1. The molecule has 3 rings (SSSR count). The van der Waals surface area contributed by atoms with Gasteiger partial charge in [-0.3, -0.25) is 4.79 Å². The Morgan fingerprint density at radius 3 is 2.84 bits per heavy atom. The molecule has 0 N–H and O–H groups in total. The molecule has 2 fully saturated rings. The molecule has 3 nitrogen and oxygen atoms in total. The summed E-state index contributed by atoms with van der Waals surface area (Å²) in [5, 5.41) is 0.656. The average molecular weight is 280 g/mol. The number of hydrogen-bond donors (Lipinski definition) is 0. The van der Waals surface area contributed by atoms with E-state index >= 15 is 0 Å². The fourth-order valence-corrected chi connectivity index (χ4v) is 3.25. The molecule has 2 aliphatic heterocycles. The SMILES string of the molecule is C[C@@H]1C[C@H]2CCN(C(=O)c3ccc(Cl)cc3)C[C@@H]2O1. The van der Waals surface area contributed by atoms with Crippen LogP contribution in [0.15, 0.2) is 24.3 Å². The first kappa shape index (κ1) is 12.9. The van der Waals surface area contributed by atoms with Crippen LogP contribution in [0.2, 0.25) is 5.02 Å². The van der Waals surface area contributed by atoms with E-state index in [2.05, 4.69) is 6.92 Å². The van der Waals surface area contributed by atoms with Gasteiger partial charge in [0.15, 0.2) is 0 Å². The molecule has 0 spiro atoms. The van der Waals surface area contributed by atoms with Gasteiger partial charge in [-0.05, 0) is 49.9 Å². The highest BCUT2D eigenvalue weighted by molar-refractivity contribution is 6.30. The van der Waals surface area contributed by atoms with Crippen molar-refractivity contribution >= 4 is 17.5 Å². The number of piperidine rings is 1. The van der Waals surface area contributed by atoms with E-state index in [1.165, 1.54) is 0 Å². The van der Waals surface area contributed by atoms with Gasteiger partial charge in [-0.25, -0.2) is 0 Å². The molecule has 2 aliphatic rings. The molecule has 1 amide bonds. The molecule has 4 heteroatoms. The summed E-state index contributed by atoms with van der Waals surface area (Å²) in [7, 11) is 0. The molecule has 102 valence electrons. The molecular formula is C15H18ClNO2. The first-order chi connectivity index (χ1) is 9.13. The average Bonchev–Trinajstić information content (AvgIpc) is 2.77. The Hall–Kier alpha value is -1.06. The number of carbonyl (C=O) groups is 1. The van der Waals surface area contributed by atoms with Crippen molar-refractivity contribution < 1.29 is 9.53 Å². The number of halogens is 1. The minimum atomic E-state index is 0.0817. The molecule has 0 saturated carbocycles. The van der Waals surface area contributed by atoms with Crippen molar-refractivity contribution in [1.29, 1.82) is 0 Å². The van der Waals surface area contributed by atoms with Crippen molar-refractivity contribution in [3.05, 3.63) is 34.9 Å². The molecule has 0 radical (unpaired) electrons. The molecule has 3 atom stereocenters. The van der Waals surface area contributed by atoms with Crippen LogP contribution in [-0.4, -0.2) is 36.1 Å². The van der Waals surface area contributed by atoms with Crippen LogP contribution in [0.3, 0.4) is 0 Å². The Morgan fingerprint density at radius 2 is 2.11 bits per heavy atom. The second-order valence-corrected chi connectivity index (χ2v) is 5.96. The van der Waals surface area contributed by atoms with E-state index in [9.17, 15) is 4.79 Å². The second kappa shape index (κ2) is 5.14. The molecule has 0 aliphatic carbocycles. The zero-order valence-electron chi connectivity index (χ0n) is 11.0. The normalized spacial score (nSPS) is 30.2. The molecule has 19 heavy (non-hydrogen) atoms. The van der Waals surface area contributed by atoms with Crippen LogP contribution in [0, 0.1) is 5.92 Å². The van der Waals surface area contributed by atoms with Crippen LogP contribution in [0.5, 0.6) is 0 Å². The van der Waals surface area contributed by atoms with Crippen molar-refractivity contribution in [1.82, 2.24) is 4.90 Å². The number of rotatable bonds is 1. The smallest absolute Gasteiger partial charge is 0.253 e. The van der Waals surface area contributed by atoms with Gasteiger partial charge in [0.1, 0.15) is 0 Å². The largest absolute Gasteiger partial charge is 0.373 e. The predicted octanol–water partition coefficient (Wildman–Crippen LogP) is 2.98. The van der Waals surface area contributed by atoms with Gasteiger partial charge < -0.3 is 9.64 Å². The van der Waals surface area contributed by atoms with E-state index in [0.717, 1.165) is 25.9 Å². The molecular weight excluding hydrogens is 262 g/mol. The topological polar surface area (TPSA) is 29.5 Å². The van der Waals surface area contributed by atoms with Gasteiger partial charge in [0.2, 0.25) is 0 Å². The summed E-state index contributed by atoms with van der Waals surface area (Å²) >= 11 is 5.85. The van der Waals surface area contributed by atoms with Gasteiger partial charge in [-0.1, -0.05) is 11.6 Å². The number of nitrogens with zero attached hydrogens (tertiary/aromatic N) is 1. The fraction of sp³-hybridized carbons (Fsp3) is 0.533. The van der Waals surface area contributed by atoms with Crippen molar-refractivity contribution in [2.45, 2.75) is 32.0 Å². The van der Waals surface area contributed by atoms with Crippen molar-refractivity contribution in [2.75, 3.05) is 13.1 Å². The van der Waals surface area contributed by atoms with Gasteiger partial charge in [-0.15, -0.1) is 0 Å². The van der Waals surface area contributed by atoms with Gasteiger partial charge in [0.25, 0.3) is 5.91 Å². The van der Waals surface area contributed by atoms with Crippen molar-refractivity contribution in [3.63, 3.8) is 0 Å². The zero-order chi connectivity index (χ0) is 13.4. The quantitative estimate of drug-likeness (QED) is 0.791. The summed E-state index contributed by atoms with van der Waals surface area (Å²) in [6.45, 7) is 3.67. The van der Waals surface area contributed by atoms with Crippen LogP contribution in [0.4, 0.5) is 0 Å². The van der Waals surface area contributed by atoms with Crippen LogP contribution in [0.1, 0.15) is 30.1 Å². The third kappa shape index (κ3) is 2.63. The standard InChI is InChI=1S/C15H18ClNO2/c1-10-8-12-6-7-17(9-14(12)19-10)15(18)11-2-4-13(16)5-3-11/h2-5,10,12,14H,6-9H2,1H3/t10-,12-,14+/m1/s1. The predicted molar refractivity (Wildman–Crippen MR) is 74.4 cm³/mol.